The molecule has 0 bridgehead atoms. The summed E-state index contributed by atoms with van der Waals surface area (Å²) in [5.74, 6) is 0. The fraction of sp³-hybridized carbons (Fsp3) is 0.750. The lowest BCUT2D eigenvalue weighted by atomic mass is 9.99. The fourth-order valence-electron chi connectivity index (χ4n) is 4.97. The van der Waals surface area contributed by atoms with Crippen LogP contribution in [0, 0.1) is 0 Å². The average molecular weight is 476 g/mol. The van der Waals surface area contributed by atoms with E-state index in [-0.39, 0.29) is 0 Å². The molecule has 0 radical (unpaired) electrons. The van der Waals surface area contributed by atoms with Crippen LogP contribution in [-0.4, -0.2) is 26.5 Å². The predicted octanol–water partition coefficient (Wildman–Crippen LogP) is 7.11. The van der Waals surface area contributed by atoms with Crippen LogP contribution < -0.4 is 10.0 Å². The molecule has 0 spiro atoms. The summed E-state index contributed by atoms with van der Waals surface area (Å²) in [7, 11) is -2.49. The summed E-state index contributed by atoms with van der Waals surface area (Å²) in [4.78, 5) is 0. The quantitative estimate of drug-likeness (QED) is 0.436. The van der Waals surface area contributed by atoms with E-state index in [0.29, 0.717) is 16.9 Å². The van der Waals surface area contributed by atoms with Crippen molar-refractivity contribution >= 4 is 24.2 Å². The Bertz CT molecular complexity index is 719. The second-order valence-electron chi connectivity index (χ2n) is 10.0. The molecule has 1 N–H and O–H groups in total. The van der Waals surface area contributed by atoms with Gasteiger partial charge in [0.1, 0.15) is 6.04 Å². The number of nitrogens with one attached hydrogen (secondary N) is 1. The van der Waals surface area contributed by atoms with E-state index < -0.39 is 35.9 Å². The molecule has 7 heteroatoms. The molecule has 2 atom stereocenters. The van der Waals surface area contributed by atoms with Crippen LogP contribution in [0.25, 0.3) is 0 Å². The van der Waals surface area contributed by atoms with E-state index in [2.05, 4.69) is 4.72 Å². The van der Waals surface area contributed by atoms with E-state index in [1.54, 1.807) is 32.9 Å². The lowest BCUT2D eigenvalue weighted by Crippen LogP contribution is -2.43. The van der Waals surface area contributed by atoms with Crippen molar-refractivity contribution in [2.24, 2.45) is 0 Å². The first-order valence-corrected chi connectivity index (χ1v) is 14.3. The van der Waals surface area contributed by atoms with Crippen LogP contribution in [0.2, 0.25) is 0 Å². The molecule has 0 amide bonds. The molecule has 0 heterocycles. The highest BCUT2D eigenvalue weighted by Crippen LogP contribution is 2.56. The number of alkyl halides is 3. The Morgan fingerprint density at radius 1 is 0.903 bits per heavy atom. The van der Waals surface area contributed by atoms with Gasteiger partial charge in [-0.3, -0.25) is 0 Å². The normalized spacial score (nSPS) is 21.9. The number of rotatable bonds is 6. The van der Waals surface area contributed by atoms with E-state index >= 15 is 0 Å². The number of benzene rings is 1. The van der Waals surface area contributed by atoms with Crippen molar-refractivity contribution in [2.45, 2.75) is 113 Å². The van der Waals surface area contributed by atoms with Crippen molar-refractivity contribution in [3.05, 3.63) is 29.8 Å². The molecule has 2 aliphatic carbocycles. The molecule has 2 fully saturated rings. The standard InChI is InChI=1S/C24H37F3NOPS/c1-23(2,3)31(29)28-22(24(25,26)27)20-16-10-11-17-21(20)30(18-12-6-4-7-13-18)19-14-8-5-9-15-19/h10-11,16-19,22,28H,4-9,12-15H2,1-3H3. The van der Waals surface area contributed by atoms with Gasteiger partial charge in [-0.05, 0) is 68.6 Å². The minimum atomic E-state index is -4.50. The number of hydrogen-bond acceptors (Lipinski definition) is 1. The summed E-state index contributed by atoms with van der Waals surface area (Å²) in [6.07, 6.45) is 7.26. The zero-order valence-electron chi connectivity index (χ0n) is 19.0. The van der Waals surface area contributed by atoms with Gasteiger partial charge in [-0.2, -0.15) is 13.2 Å². The Labute approximate surface area is 189 Å². The maximum absolute atomic E-state index is 14.3. The molecule has 2 nitrogen and oxygen atoms in total. The average Bonchev–Trinajstić information content (AvgIpc) is 2.73. The minimum Gasteiger partial charge on any atom is -0.242 e. The van der Waals surface area contributed by atoms with Crippen molar-refractivity contribution in [3.8, 4) is 0 Å². The molecular formula is C24H37F3NOPS. The summed E-state index contributed by atoms with van der Waals surface area (Å²) < 4.78 is 57.3. The van der Waals surface area contributed by atoms with Crippen molar-refractivity contribution in [1.29, 1.82) is 0 Å². The zero-order valence-corrected chi connectivity index (χ0v) is 20.7. The molecule has 1 aromatic carbocycles. The molecule has 1 aromatic rings. The third-order valence-electron chi connectivity index (χ3n) is 6.57. The van der Waals surface area contributed by atoms with Gasteiger partial charge in [0.15, 0.2) is 0 Å². The predicted molar refractivity (Wildman–Crippen MR) is 127 cm³/mol. The van der Waals surface area contributed by atoms with Crippen LogP contribution in [-0.2, 0) is 11.0 Å². The molecule has 3 rings (SSSR count). The van der Waals surface area contributed by atoms with Gasteiger partial charge in [0, 0.05) is 0 Å². The third kappa shape index (κ3) is 6.54. The van der Waals surface area contributed by atoms with Crippen molar-refractivity contribution < 1.29 is 17.4 Å². The Morgan fingerprint density at radius 2 is 1.39 bits per heavy atom. The monoisotopic (exact) mass is 475 g/mol. The van der Waals surface area contributed by atoms with Gasteiger partial charge in [0.2, 0.25) is 0 Å². The van der Waals surface area contributed by atoms with Crippen molar-refractivity contribution in [3.63, 3.8) is 0 Å². The van der Waals surface area contributed by atoms with Crippen molar-refractivity contribution in [1.82, 2.24) is 4.72 Å². The van der Waals surface area contributed by atoms with Crippen LogP contribution in [0.4, 0.5) is 13.2 Å². The summed E-state index contributed by atoms with van der Waals surface area (Å²) >= 11 is 0. The van der Waals surface area contributed by atoms with Crippen molar-refractivity contribution in [2.75, 3.05) is 0 Å². The fourth-order valence-corrected chi connectivity index (χ4v) is 9.78. The molecule has 176 valence electrons. The first kappa shape index (κ1) is 25.2. The SMILES string of the molecule is CC(C)(C)S(=O)NC(c1ccccc1P(C1CCCCC1)C1CCCCC1)C(F)(F)F. The van der Waals surface area contributed by atoms with E-state index in [4.69, 9.17) is 0 Å². The largest absolute Gasteiger partial charge is 0.408 e. The van der Waals surface area contributed by atoms with Crippen LogP contribution in [0.1, 0.15) is 96.6 Å². The van der Waals surface area contributed by atoms with Gasteiger partial charge in [0.25, 0.3) is 0 Å². The van der Waals surface area contributed by atoms with E-state index in [9.17, 15) is 17.4 Å². The van der Waals surface area contributed by atoms with Gasteiger partial charge >= 0.3 is 6.18 Å². The summed E-state index contributed by atoms with van der Waals surface area (Å²) in [5.41, 5.74) is 1.32. The maximum atomic E-state index is 14.3. The lowest BCUT2D eigenvalue weighted by Gasteiger charge is -2.40. The van der Waals surface area contributed by atoms with Crippen LogP contribution in [0.15, 0.2) is 24.3 Å². The first-order chi connectivity index (χ1) is 14.6. The molecule has 2 saturated carbocycles. The Kier molecular flexibility index (Phi) is 8.65. The van der Waals surface area contributed by atoms with Gasteiger partial charge < -0.3 is 0 Å². The van der Waals surface area contributed by atoms with E-state index in [1.807, 2.05) is 12.1 Å². The summed E-state index contributed by atoms with van der Waals surface area (Å²) in [6, 6.07) is 5.27. The Balaban J connectivity index is 2.03. The first-order valence-electron chi connectivity index (χ1n) is 11.7. The molecule has 2 aliphatic rings. The van der Waals surface area contributed by atoms with Crippen LogP contribution >= 0.6 is 7.92 Å². The zero-order chi connectivity index (χ0) is 22.6. The highest BCUT2D eigenvalue weighted by atomic mass is 32.2. The second kappa shape index (κ2) is 10.7. The van der Waals surface area contributed by atoms with E-state index in [0.717, 1.165) is 31.0 Å². The van der Waals surface area contributed by atoms with E-state index in [1.165, 1.54) is 38.5 Å². The molecule has 0 aromatic heterocycles. The van der Waals surface area contributed by atoms with Gasteiger partial charge in [-0.25, -0.2) is 8.93 Å². The smallest absolute Gasteiger partial charge is 0.242 e. The van der Waals surface area contributed by atoms with Gasteiger partial charge in [0.05, 0.1) is 15.7 Å². The topological polar surface area (TPSA) is 29.1 Å². The number of hydrogen-bond donors (Lipinski definition) is 1. The molecule has 0 aliphatic heterocycles. The Hall–Kier alpha value is -0.450. The Morgan fingerprint density at radius 3 is 1.84 bits per heavy atom. The lowest BCUT2D eigenvalue weighted by molar-refractivity contribution is -0.152. The third-order valence-corrected chi connectivity index (χ3v) is 11.7. The van der Waals surface area contributed by atoms with Crippen LogP contribution in [0.5, 0.6) is 0 Å². The highest BCUT2D eigenvalue weighted by Gasteiger charge is 2.45. The highest BCUT2D eigenvalue weighted by molar-refractivity contribution is 7.84. The molecule has 31 heavy (non-hydrogen) atoms. The van der Waals surface area contributed by atoms with Gasteiger partial charge in [-0.1, -0.05) is 70.7 Å². The van der Waals surface area contributed by atoms with Crippen LogP contribution in [0.3, 0.4) is 0 Å². The molecule has 2 unspecified atom stereocenters. The maximum Gasteiger partial charge on any atom is 0.408 e. The second-order valence-corrected chi connectivity index (χ2v) is 14.8. The minimum absolute atomic E-state index is 0.301. The number of halogens is 3. The summed E-state index contributed by atoms with van der Waals surface area (Å²) in [6.45, 7) is 5.10. The molecular weight excluding hydrogens is 438 g/mol. The molecule has 0 saturated heterocycles. The van der Waals surface area contributed by atoms with Gasteiger partial charge in [-0.15, -0.1) is 0 Å². The summed E-state index contributed by atoms with van der Waals surface area (Å²) in [5, 5.41) is 0.900.